The number of hydrogen-bond acceptors (Lipinski definition) is 4. The van der Waals surface area contributed by atoms with Crippen molar-refractivity contribution >= 4 is 23.4 Å². The molecule has 7 heteroatoms. The molecule has 0 bridgehead atoms. The molecule has 0 atom stereocenters. The minimum atomic E-state index is -0.265. The molecule has 0 spiro atoms. The highest BCUT2D eigenvalue weighted by molar-refractivity contribution is 6.33. The SMILES string of the molecule is CC(C)CN(CCC(=O)N(C)Cc1ccccc1)C(=O)c1cc(-c2ccccc2Cl)on1. The van der Waals surface area contributed by atoms with Gasteiger partial charge in [-0.3, -0.25) is 9.59 Å². The molecule has 0 radical (unpaired) electrons. The van der Waals surface area contributed by atoms with E-state index in [-0.39, 0.29) is 29.8 Å². The molecule has 2 aromatic carbocycles. The van der Waals surface area contributed by atoms with Crippen molar-refractivity contribution < 1.29 is 14.1 Å². The third kappa shape index (κ3) is 6.20. The van der Waals surface area contributed by atoms with E-state index in [0.717, 1.165) is 5.56 Å². The van der Waals surface area contributed by atoms with Crippen LogP contribution >= 0.6 is 11.6 Å². The standard InChI is InChI=1S/C25H28ClN3O3/c1-18(2)16-29(14-13-24(30)28(3)17-19-9-5-4-6-10-19)25(31)22-15-23(32-27-22)20-11-7-8-12-21(20)26/h4-12,15,18H,13-14,16-17H2,1-3H3. The second kappa shape index (κ2) is 11.0. The van der Waals surface area contributed by atoms with Crippen molar-refractivity contribution in [3.05, 3.63) is 76.9 Å². The Bertz CT molecular complexity index is 1050. The lowest BCUT2D eigenvalue weighted by molar-refractivity contribution is -0.130. The number of amides is 2. The topological polar surface area (TPSA) is 66.7 Å². The fraction of sp³-hybridized carbons (Fsp3) is 0.320. The van der Waals surface area contributed by atoms with Gasteiger partial charge < -0.3 is 14.3 Å². The molecule has 0 aliphatic rings. The molecule has 0 aliphatic carbocycles. The fourth-order valence-electron chi connectivity index (χ4n) is 3.41. The van der Waals surface area contributed by atoms with E-state index in [2.05, 4.69) is 5.16 Å². The van der Waals surface area contributed by atoms with Crippen LogP contribution in [0.2, 0.25) is 5.02 Å². The zero-order valence-corrected chi connectivity index (χ0v) is 19.4. The summed E-state index contributed by atoms with van der Waals surface area (Å²) in [4.78, 5) is 29.1. The Morgan fingerprint density at radius 3 is 2.44 bits per heavy atom. The fourth-order valence-corrected chi connectivity index (χ4v) is 3.64. The minimum absolute atomic E-state index is 0.0210. The Balaban J connectivity index is 1.66. The number of nitrogens with zero attached hydrogens (tertiary/aromatic N) is 3. The summed E-state index contributed by atoms with van der Waals surface area (Å²) >= 11 is 6.23. The maximum Gasteiger partial charge on any atom is 0.276 e. The van der Waals surface area contributed by atoms with Crippen LogP contribution < -0.4 is 0 Å². The third-order valence-electron chi connectivity index (χ3n) is 5.03. The zero-order chi connectivity index (χ0) is 23.1. The molecule has 0 saturated heterocycles. The van der Waals surface area contributed by atoms with Crippen molar-refractivity contribution in [2.45, 2.75) is 26.8 Å². The van der Waals surface area contributed by atoms with Gasteiger partial charge in [-0.25, -0.2) is 0 Å². The lowest BCUT2D eigenvalue weighted by Gasteiger charge is -2.25. The number of rotatable bonds is 9. The Kier molecular flexibility index (Phi) is 8.06. The molecule has 2 amide bonds. The molecule has 0 saturated carbocycles. The van der Waals surface area contributed by atoms with E-state index in [1.54, 1.807) is 29.0 Å². The third-order valence-corrected chi connectivity index (χ3v) is 5.35. The summed E-state index contributed by atoms with van der Waals surface area (Å²) in [6.07, 6.45) is 0.233. The number of benzene rings is 2. The van der Waals surface area contributed by atoms with Crippen molar-refractivity contribution in [3.8, 4) is 11.3 Å². The molecule has 3 rings (SSSR count). The van der Waals surface area contributed by atoms with Crippen LogP contribution in [0, 0.1) is 5.92 Å². The van der Waals surface area contributed by atoms with Gasteiger partial charge in [0, 0.05) is 44.7 Å². The highest BCUT2D eigenvalue weighted by atomic mass is 35.5. The van der Waals surface area contributed by atoms with E-state index in [0.29, 0.717) is 36.0 Å². The van der Waals surface area contributed by atoms with E-state index in [4.69, 9.17) is 16.1 Å². The Labute approximate surface area is 193 Å². The first-order valence-corrected chi connectivity index (χ1v) is 11.0. The maximum absolute atomic E-state index is 13.1. The normalized spacial score (nSPS) is 10.9. The molecular formula is C25H28ClN3O3. The van der Waals surface area contributed by atoms with Crippen molar-refractivity contribution in [1.82, 2.24) is 15.0 Å². The van der Waals surface area contributed by atoms with E-state index >= 15 is 0 Å². The van der Waals surface area contributed by atoms with Crippen molar-refractivity contribution in [2.75, 3.05) is 20.1 Å². The second-order valence-corrected chi connectivity index (χ2v) is 8.59. The average Bonchev–Trinajstić information content (AvgIpc) is 3.26. The Hall–Kier alpha value is -3.12. The number of carbonyl (C=O) groups is 2. The van der Waals surface area contributed by atoms with Crippen LogP contribution in [0.5, 0.6) is 0 Å². The molecule has 0 N–H and O–H groups in total. The summed E-state index contributed by atoms with van der Waals surface area (Å²) < 4.78 is 5.38. The van der Waals surface area contributed by atoms with Gasteiger partial charge in [0.1, 0.15) is 0 Å². The van der Waals surface area contributed by atoms with Gasteiger partial charge in [-0.1, -0.05) is 73.1 Å². The molecule has 1 aromatic heterocycles. The van der Waals surface area contributed by atoms with Gasteiger partial charge in [-0.15, -0.1) is 0 Å². The van der Waals surface area contributed by atoms with E-state index in [1.807, 2.05) is 62.4 Å². The first-order chi connectivity index (χ1) is 15.3. The van der Waals surface area contributed by atoms with Crippen LogP contribution in [0.25, 0.3) is 11.3 Å². The summed E-state index contributed by atoms with van der Waals surface area (Å²) in [5.74, 6) is 0.389. The summed E-state index contributed by atoms with van der Waals surface area (Å²) in [6.45, 7) is 5.41. The maximum atomic E-state index is 13.1. The Morgan fingerprint density at radius 2 is 1.75 bits per heavy atom. The second-order valence-electron chi connectivity index (χ2n) is 8.19. The van der Waals surface area contributed by atoms with Gasteiger partial charge in [0.25, 0.3) is 5.91 Å². The lowest BCUT2D eigenvalue weighted by Crippen LogP contribution is -2.38. The number of halogens is 1. The number of hydrogen-bond donors (Lipinski definition) is 0. The number of carbonyl (C=O) groups excluding carboxylic acids is 2. The van der Waals surface area contributed by atoms with Gasteiger partial charge in [-0.05, 0) is 23.6 Å². The summed E-state index contributed by atoms with van der Waals surface area (Å²) in [5, 5.41) is 4.48. The van der Waals surface area contributed by atoms with Crippen LogP contribution in [-0.4, -0.2) is 46.9 Å². The van der Waals surface area contributed by atoms with E-state index in [9.17, 15) is 9.59 Å². The predicted molar refractivity (Wildman–Crippen MR) is 125 cm³/mol. The predicted octanol–water partition coefficient (Wildman–Crippen LogP) is 5.14. The molecular weight excluding hydrogens is 426 g/mol. The smallest absolute Gasteiger partial charge is 0.276 e. The van der Waals surface area contributed by atoms with Gasteiger partial charge in [-0.2, -0.15) is 0 Å². The molecule has 3 aromatic rings. The number of aromatic nitrogens is 1. The first kappa shape index (κ1) is 23.5. The van der Waals surface area contributed by atoms with Gasteiger partial charge in [0.2, 0.25) is 5.91 Å². The van der Waals surface area contributed by atoms with Crippen molar-refractivity contribution in [3.63, 3.8) is 0 Å². The average molecular weight is 454 g/mol. The van der Waals surface area contributed by atoms with Crippen LogP contribution in [0.3, 0.4) is 0 Å². The van der Waals surface area contributed by atoms with Gasteiger partial charge in [0.15, 0.2) is 11.5 Å². The van der Waals surface area contributed by atoms with Gasteiger partial charge in [0.05, 0.1) is 5.02 Å². The van der Waals surface area contributed by atoms with E-state index in [1.165, 1.54) is 0 Å². The highest BCUT2D eigenvalue weighted by Gasteiger charge is 2.23. The molecule has 0 aliphatic heterocycles. The largest absolute Gasteiger partial charge is 0.355 e. The molecule has 0 fully saturated rings. The first-order valence-electron chi connectivity index (χ1n) is 10.6. The zero-order valence-electron chi connectivity index (χ0n) is 18.6. The molecule has 168 valence electrons. The molecule has 1 heterocycles. The molecule has 6 nitrogen and oxygen atoms in total. The summed E-state index contributed by atoms with van der Waals surface area (Å²) in [7, 11) is 1.78. The van der Waals surface area contributed by atoms with Crippen LogP contribution in [0.4, 0.5) is 0 Å². The van der Waals surface area contributed by atoms with Gasteiger partial charge >= 0.3 is 0 Å². The van der Waals surface area contributed by atoms with Crippen molar-refractivity contribution in [2.24, 2.45) is 5.92 Å². The van der Waals surface area contributed by atoms with Crippen LogP contribution in [0.1, 0.15) is 36.3 Å². The monoisotopic (exact) mass is 453 g/mol. The minimum Gasteiger partial charge on any atom is -0.355 e. The lowest BCUT2D eigenvalue weighted by atomic mass is 10.1. The quantitative estimate of drug-likeness (QED) is 0.449. The highest BCUT2D eigenvalue weighted by Crippen LogP contribution is 2.28. The summed E-state index contributed by atoms with van der Waals surface area (Å²) in [5.41, 5.74) is 1.94. The molecule has 0 unspecified atom stereocenters. The van der Waals surface area contributed by atoms with Crippen LogP contribution in [-0.2, 0) is 11.3 Å². The van der Waals surface area contributed by atoms with Crippen molar-refractivity contribution in [1.29, 1.82) is 0 Å². The molecule has 32 heavy (non-hydrogen) atoms. The van der Waals surface area contributed by atoms with E-state index < -0.39 is 0 Å². The van der Waals surface area contributed by atoms with Crippen LogP contribution in [0.15, 0.2) is 65.2 Å². The summed E-state index contributed by atoms with van der Waals surface area (Å²) in [6, 6.07) is 18.6. The Morgan fingerprint density at radius 1 is 1.06 bits per heavy atom.